The Hall–Kier alpha value is -2.06. The molecule has 1 aromatic heterocycles. The van der Waals surface area contributed by atoms with Crippen LogP contribution in [0.2, 0.25) is 0 Å². The molecule has 2 aromatic rings. The van der Waals surface area contributed by atoms with E-state index in [1.165, 1.54) is 11.8 Å². The van der Waals surface area contributed by atoms with E-state index in [2.05, 4.69) is 23.0 Å². The van der Waals surface area contributed by atoms with E-state index in [0.29, 0.717) is 5.69 Å². The van der Waals surface area contributed by atoms with Crippen molar-refractivity contribution in [3.63, 3.8) is 0 Å². The predicted octanol–water partition coefficient (Wildman–Crippen LogP) is 2.96. The third-order valence-electron chi connectivity index (χ3n) is 2.55. The molecule has 0 radical (unpaired) electrons. The summed E-state index contributed by atoms with van der Waals surface area (Å²) in [6.07, 6.45) is 3.10. The van der Waals surface area contributed by atoms with Gasteiger partial charge >= 0.3 is 0 Å². The molecule has 0 amide bonds. The molecule has 5 heteroatoms. The molecule has 0 aliphatic heterocycles. The maximum Gasteiger partial charge on any atom is 0.158 e. The number of thioether (sulfide) groups is 1. The van der Waals surface area contributed by atoms with E-state index in [0.717, 1.165) is 22.1 Å². The molecule has 0 spiro atoms. The van der Waals surface area contributed by atoms with Crippen LogP contribution in [0.1, 0.15) is 16.8 Å². The zero-order chi connectivity index (χ0) is 13.7. The normalized spacial score (nSPS) is 9.95. The van der Waals surface area contributed by atoms with Crippen molar-refractivity contribution < 1.29 is 4.74 Å². The predicted molar refractivity (Wildman–Crippen MR) is 74.0 cm³/mol. The van der Waals surface area contributed by atoms with Gasteiger partial charge in [-0.05, 0) is 13.0 Å². The van der Waals surface area contributed by atoms with Crippen molar-refractivity contribution in [2.75, 3.05) is 7.11 Å². The van der Waals surface area contributed by atoms with Crippen LogP contribution >= 0.6 is 11.8 Å². The Labute approximate surface area is 116 Å². The molecule has 0 aliphatic rings. The van der Waals surface area contributed by atoms with Crippen molar-refractivity contribution >= 4 is 11.8 Å². The summed E-state index contributed by atoms with van der Waals surface area (Å²) in [4.78, 5) is 8.17. The monoisotopic (exact) mass is 271 g/mol. The van der Waals surface area contributed by atoms with E-state index >= 15 is 0 Å². The Kier molecular flexibility index (Phi) is 4.37. The van der Waals surface area contributed by atoms with Gasteiger partial charge in [-0.1, -0.05) is 29.5 Å². The summed E-state index contributed by atoms with van der Waals surface area (Å²) in [5.41, 5.74) is 2.65. The second kappa shape index (κ2) is 6.21. The highest BCUT2D eigenvalue weighted by atomic mass is 32.2. The van der Waals surface area contributed by atoms with Crippen molar-refractivity contribution in [2.45, 2.75) is 17.7 Å². The van der Waals surface area contributed by atoms with E-state index in [-0.39, 0.29) is 0 Å². The summed E-state index contributed by atoms with van der Waals surface area (Å²) in [6, 6.07) is 8.04. The molecule has 0 saturated heterocycles. The number of hydrogen-bond acceptors (Lipinski definition) is 5. The number of aryl methyl sites for hydroxylation is 1. The van der Waals surface area contributed by atoms with E-state index in [1.54, 1.807) is 25.1 Å². The molecule has 0 unspecified atom stereocenters. The molecule has 1 heterocycles. The Balaban J connectivity index is 2.09. The minimum Gasteiger partial charge on any atom is -0.496 e. The molecule has 0 saturated carbocycles. The maximum absolute atomic E-state index is 8.66. The number of benzene rings is 1. The van der Waals surface area contributed by atoms with Gasteiger partial charge in [-0.25, -0.2) is 9.97 Å². The third-order valence-corrected chi connectivity index (χ3v) is 3.52. The number of ether oxygens (including phenoxy) is 1. The fourth-order valence-electron chi connectivity index (χ4n) is 1.62. The van der Waals surface area contributed by atoms with Gasteiger partial charge in [-0.3, -0.25) is 0 Å². The highest BCUT2D eigenvalue weighted by molar-refractivity contribution is 7.98. The van der Waals surface area contributed by atoms with Gasteiger partial charge < -0.3 is 4.74 Å². The number of hydrogen-bond donors (Lipinski definition) is 0. The van der Waals surface area contributed by atoms with E-state index in [9.17, 15) is 0 Å². The van der Waals surface area contributed by atoms with Crippen molar-refractivity contribution in [3.05, 3.63) is 47.4 Å². The van der Waals surface area contributed by atoms with Gasteiger partial charge in [0.2, 0.25) is 0 Å². The maximum atomic E-state index is 8.66. The Morgan fingerprint density at radius 1 is 1.32 bits per heavy atom. The summed E-state index contributed by atoms with van der Waals surface area (Å²) in [7, 11) is 1.67. The first-order valence-electron chi connectivity index (χ1n) is 5.71. The van der Waals surface area contributed by atoms with Crippen molar-refractivity contribution in [1.29, 1.82) is 5.26 Å². The Morgan fingerprint density at radius 2 is 2.16 bits per heavy atom. The zero-order valence-corrected chi connectivity index (χ0v) is 11.6. The minimum atomic E-state index is 0.331. The van der Waals surface area contributed by atoms with Crippen molar-refractivity contribution in [3.8, 4) is 11.8 Å². The molecule has 0 aliphatic carbocycles. The number of methoxy groups -OCH3 is 1. The summed E-state index contributed by atoms with van der Waals surface area (Å²) >= 11 is 1.57. The zero-order valence-electron chi connectivity index (χ0n) is 10.8. The molecule has 4 nitrogen and oxygen atoms in total. The van der Waals surface area contributed by atoms with Crippen LogP contribution in [0.3, 0.4) is 0 Å². The molecule has 19 heavy (non-hydrogen) atoms. The Morgan fingerprint density at radius 3 is 2.79 bits per heavy atom. The van der Waals surface area contributed by atoms with E-state index in [1.807, 2.05) is 18.2 Å². The number of nitriles is 1. The van der Waals surface area contributed by atoms with Gasteiger partial charge in [0.25, 0.3) is 0 Å². The lowest BCUT2D eigenvalue weighted by atomic mass is 10.1. The quantitative estimate of drug-likeness (QED) is 0.800. The summed E-state index contributed by atoms with van der Waals surface area (Å²) in [5, 5.41) is 9.45. The van der Waals surface area contributed by atoms with E-state index < -0.39 is 0 Å². The highest BCUT2D eigenvalue weighted by Gasteiger charge is 2.05. The van der Waals surface area contributed by atoms with Crippen molar-refractivity contribution in [2.24, 2.45) is 0 Å². The minimum absolute atomic E-state index is 0.331. The fraction of sp³-hybridized carbons (Fsp3) is 0.214. The molecular formula is C14H13N3OS. The first kappa shape index (κ1) is 13.4. The average molecular weight is 271 g/mol. The average Bonchev–Trinajstić information content (AvgIpc) is 2.46. The largest absolute Gasteiger partial charge is 0.496 e. The molecule has 96 valence electrons. The van der Waals surface area contributed by atoms with Crippen LogP contribution in [-0.4, -0.2) is 17.1 Å². The first-order valence-corrected chi connectivity index (χ1v) is 6.70. The fourth-order valence-corrected chi connectivity index (χ4v) is 2.40. The van der Waals surface area contributed by atoms with Gasteiger partial charge in [-0.2, -0.15) is 5.26 Å². The van der Waals surface area contributed by atoms with Crippen molar-refractivity contribution in [1.82, 2.24) is 9.97 Å². The second-order valence-electron chi connectivity index (χ2n) is 3.96. The van der Waals surface area contributed by atoms with Gasteiger partial charge in [0.15, 0.2) is 5.69 Å². The standard InChI is InChI=1S/C14H13N3OS/c1-10-3-4-13(18-2)11(5-10)9-19-14-8-16-12(6-15)7-17-14/h3-5,7-8H,9H2,1-2H3. The molecule has 0 atom stereocenters. The van der Waals surface area contributed by atoms with Crippen LogP contribution in [0.25, 0.3) is 0 Å². The molecular weight excluding hydrogens is 258 g/mol. The van der Waals surface area contributed by atoms with Gasteiger partial charge in [-0.15, -0.1) is 0 Å². The van der Waals surface area contributed by atoms with Gasteiger partial charge in [0.1, 0.15) is 16.8 Å². The molecule has 0 bridgehead atoms. The molecule has 0 N–H and O–H groups in total. The van der Waals surface area contributed by atoms with Crippen LogP contribution in [0.4, 0.5) is 0 Å². The smallest absolute Gasteiger partial charge is 0.158 e. The summed E-state index contributed by atoms with van der Waals surface area (Å²) in [5.74, 6) is 1.63. The van der Waals surface area contributed by atoms with Crippen LogP contribution in [0, 0.1) is 18.3 Å². The molecule has 1 aromatic carbocycles. The topological polar surface area (TPSA) is 58.8 Å². The summed E-state index contributed by atoms with van der Waals surface area (Å²) in [6.45, 7) is 2.05. The van der Waals surface area contributed by atoms with E-state index in [4.69, 9.17) is 10.00 Å². The lowest BCUT2D eigenvalue weighted by molar-refractivity contribution is 0.411. The molecule has 2 rings (SSSR count). The summed E-state index contributed by atoms with van der Waals surface area (Å²) < 4.78 is 5.33. The van der Waals surface area contributed by atoms with Crippen LogP contribution in [-0.2, 0) is 5.75 Å². The highest BCUT2D eigenvalue weighted by Crippen LogP contribution is 2.27. The molecule has 0 fully saturated rings. The first-order chi connectivity index (χ1) is 9.22. The number of rotatable bonds is 4. The third kappa shape index (κ3) is 3.46. The van der Waals surface area contributed by atoms with Gasteiger partial charge in [0.05, 0.1) is 19.5 Å². The van der Waals surface area contributed by atoms with Crippen LogP contribution < -0.4 is 4.74 Å². The SMILES string of the molecule is COc1ccc(C)cc1CSc1cnc(C#N)cn1. The lowest BCUT2D eigenvalue weighted by Gasteiger charge is -2.08. The second-order valence-corrected chi connectivity index (χ2v) is 4.95. The number of nitrogens with zero attached hydrogens (tertiary/aromatic N) is 3. The van der Waals surface area contributed by atoms with Crippen LogP contribution in [0.15, 0.2) is 35.6 Å². The van der Waals surface area contributed by atoms with Crippen LogP contribution in [0.5, 0.6) is 5.75 Å². The lowest BCUT2D eigenvalue weighted by Crippen LogP contribution is -1.92. The Bertz CT molecular complexity index is 605. The van der Waals surface area contributed by atoms with Gasteiger partial charge in [0, 0.05) is 11.3 Å². The number of aromatic nitrogens is 2.